The zero-order valence-electron chi connectivity index (χ0n) is 18.4. The van der Waals surface area contributed by atoms with E-state index in [1.807, 2.05) is 22.8 Å². The van der Waals surface area contributed by atoms with E-state index in [0.717, 1.165) is 29.4 Å². The van der Waals surface area contributed by atoms with Crippen LogP contribution in [-0.4, -0.2) is 39.1 Å². The first-order valence-electron chi connectivity index (χ1n) is 11.0. The topological polar surface area (TPSA) is 105 Å². The molecule has 1 aliphatic rings. The van der Waals surface area contributed by atoms with Crippen LogP contribution in [0, 0.1) is 5.82 Å². The quantitative estimate of drug-likeness (QED) is 0.425. The summed E-state index contributed by atoms with van der Waals surface area (Å²) in [4.78, 5) is 18.1. The molecular formula is C23H26FN5O3S. The maximum absolute atomic E-state index is 14.1. The number of fused-ring (bicyclic) bond motifs is 2. The summed E-state index contributed by atoms with van der Waals surface area (Å²) < 4.78 is 42.7. The normalized spacial score (nSPS) is 14.5. The molecule has 2 heterocycles. The molecule has 0 unspecified atom stereocenters. The van der Waals surface area contributed by atoms with Crippen LogP contribution in [0.15, 0.2) is 41.2 Å². The van der Waals surface area contributed by atoms with Crippen molar-refractivity contribution in [3.63, 3.8) is 0 Å². The van der Waals surface area contributed by atoms with Crippen molar-refractivity contribution in [1.29, 1.82) is 0 Å². The third-order valence-corrected chi connectivity index (χ3v) is 7.19. The number of aryl methyl sites for hydroxylation is 1. The van der Waals surface area contributed by atoms with Gasteiger partial charge in [-0.15, -0.1) is 0 Å². The molecule has 0 aliphatic heterocycles. The van der Waals surface area contributed by atoms with Crippen LogP contribution in [0.4, 0.5) is 4.39 Å². The number of nitrogens with zero attached hydrogens (tertiary/aromatic N) is 4. The van der Waals surface area contributed by atoms with Crippen LogP contribution in [0.2, 0.25) is 0 Å². The lowest BCUT2D eigenvalue weighted by molar-refractivity contribution is 0.583. The Labute approximate surface area is 190 Å². The number of hydrogen-bond donors (Lipinski definition) is 1. The molecule has 8 nitrogen and oxygen atoms in total. The van der Waals surface area contributed by atoms with Crippen LogP contribution in [0.3, 0.4) is 0 Å². The third-order valence-electron chi connectivity index (χ3n) is 6.16. The Balaban J connectivity index is 1.62. The van der Waals surface area contributed by atoms with E-state index < -0.39 is 15.7 Å². The van der Waals surface area contributed by atoms with Crippen molar-refractivity contribution in [2.75, 3.05) is 12.0 Å². The molecule has 174 valence electrons. The Hall–Kier alpha value is -2.98. The van der Waals surface area contributed by atoms with Crippen molar-refractivity contribution in [2.45, 2.75) is 44.9 Å². The molecule has 0 saturated heterocycles. The van der Waals surface area contributed by atoms with Crippen LogP contribution in [0.1, 0.15) is 36.7 Å². The molecular weight excluding hydrogens is 445 g/mol. The predicted molar refractivity (Wildman–Crippen MR) is 125 cm³/mol. The van der Waals surface area contributed by atoms with Gasteiger partial charge in [0.1, 0.15) is 21.5 Å². The number of imidazole rings is 2. The molecule has 0 bridgehead atoms. The molecule has 0 spiro atoms. The lowest BCUT2D eigenvalue weighted by Gasteiger charge is -2.10. The van der Waals surface area contributed by atoms with Gasteiger partial charge in [-0.05, 0) is 55.2 Å². The van der Waals surface area contributed by atoms with Gasteiger partial charge in [-0.1, -0.05) is 6.07 Å². The summed E-state index contributed by atoms with van der Waals surface area (Å²) in [6, 6.07) is 10.3. The van der Waals surface area contributed by atoms with E-state index >= 15 is 0 Å². The van der Waals surface area contributed by atoms with E-state index in [4.69, 9.17) is 10.7 Å². The molecule has 0 atom stereocenters. The van der Waals surface area contributed by atoms with E-state index in [9.17, 15) is 17.6 Å². The number of rotatable bonds is 8. The monoisotopic (exact) mass is 471 g/mol. The fourth-order valence-electron chi connectivity index (χ4n) is 4.44. The first-order chi connectivity index (χ1) is 15.7. The van der Waals surface area contributed by atoms with Gasteiger partial charge in [0.05, 0.1) is 34.4 Å². The van der Waals surface area contributed by atoms with Crippen molar-refractivity contribution >= 4 is 31.9 Å². The van der Waals surface area contributed by atoms with E-state index in [-0.39, 0.29) is 24.0 Å². The number of aromatic nitrogens is 4. The molecule has 2 aromatic heterocycles. The first kappa shape index (κ1) is 21.8. The molecule has 1 fully saturated rings. The minimum atomic E-state index is -3.10. The first-order valence-corrected chi connectivity index (χ1v) is 13.1. The minimum absolute atomic E-state index is 0.0547. The van der Waals surface area contributed by atoms with Crippen LogP contribution < -0.4 is 11.4 Å². The highest BCUT2D eigenvalue weighted by atomic mass is 32.2. The minimum Gasteiger partial charge on any atom is -0.326 e. The lowest BCUT2D eigenvalue weighted by Crippen LogP contribution is -2.25. The molecule has 1 saturated carbocycles. The predicted octanol–water partition coefficient (Wildman–Crippen LogP) is 2.57. The van der Waals surface area contributed by atoms with Gasteiger partial charge < -0.3 is 10.3 Å². The van der Waals surface area contributed by atoms with Crippen LogP contribution in [0.5, 0.6) is 0 Å². The maximum atomic E-state index is 14.1. The zero-order valence-corrected chi connectivity index (χ0v) is 19.2. The van der Waals surface area contributed by atoms with Crippen LogP contribution >= 0.6 is 0 Å². The van der Waals surface area contributed by atoms with E-state index in [2.05, 4.69) is 0 Å². The van der Waals surface area contributed by atoms with Crippen molar-refractivity contribution in [3.05, 3.63) is 64.1 Å². The van der Waals surface area contributed by atoms with Gasteiger partial charge in [-0.3, -0.25) is 9.13 Å². The molecule has 1 aliphatic carbocycles. The summed E-state index contributed by atoms with van der Waals surface area (Å²) in [7, 11) is -3.10. The highest BCUT2D eigenvalue weighted by Crippen LogP contribution is 2.36. The van der Waals surface area contributed by atoms with Gasteiger partial charge in [0.2, 0.25) is 0 Å². The Morgan fingerprint density at radius 1 is 1.09 bits per heavy atom. The molecule has 0 radical (unpaired) electrons. The van der Waals surface area contributed by atoms with Crippen LogP contribution in [-0.2, 0) is 29.5 Å². The van der Waals surface area contributed by atoms with Crippen molar-refractivity contribution < 1.29 is 12.8 Å². The molecule has 4 aromatic rings. The van der Waals surface area contributed by atoms with Gasteiger partial charge in [-0.2, -0.15) is 0 Å². The van der Waals surface area contributed by atoms with E-state index in [0.29, 0.717) is 36.4 Å². The van der Waals surface area contributed by atoms with Gasteiger partial charge >= 0.3 is 5.69 Å². The summed E-state index contributed by atoms with van der Waals surface area (Å²) in [6.45, 7) is 0.967. The highest BCUT2D eigenvalue weighted by molar-refractivity contribution is 7.90. The Morgan fingerprint density at radius 2 is 1.85 bits per heavy atom. The molecule has 10 heteroatoms. The smallest absolute Gasteiger partial charge is 0.326 e. The molecule has 0 amide bonds. The summed E-state index contributed by atoms with van der Waals surface area (Å²) in [6.07, 6.45) is 3.50. The SMILES string of the molecule is CS(=O)(=O)CCCn1c(Cn2c(=O)n(C3CC3)c3ccc(F)cc32)nc2cc(CN)ccc21. The Kier molecular flexibility index (Phi) is 5.37. The number of sulfone groups is 1. The Bertz CT molecular complexity index is 1530. The van der Waals surface area contributed by atoms with Crippen LogP contribution in [0.25, 0.3) is 22.1 Å². The molecule has 2 N–H and O–H groups in total. The average molecular weight is 472 g/mol. The highest BCUT2D eigenvalue weighted by Gasteiger charge is 2.29. The maximum Gasteiger partial charge on any atom is 0.329 e. The van der Waals surface area contributed by atoms with Crippen molar-refractivity contribution in [1.82, 2.24) is 18.7 Å². The molecule has 2 aromatic carbocycles. The third kappa shape index (κ3) is 4.20. The van der Waals surface area contributed by atoms with Gasteiger partial charge in [0.15, 0.2) is 0 Å². The van der Waals surface area contributed by atoms with Gasteiger partial charge in [-0.25, -0.2) is 22.6 Å². The Morgan fingerprint density at radius 3 is 2.55 bits per heavy atom. The second-order valence-corrected chi connectivity index (χ2v) is 11.1. The number of nitrogens with two attached hydrogens (primary N) is 1. The molecule has 33 heavy (non-hydrogen) atoms. The summed E-state index contributed by atoms with van der Waals surface area (Å²) in [5.41, 5.74) is 9.36. The molecule has 5 rings (SSSR count). The second-order valence-electron chi connectivity index (χ2n) is 8.79. The largest absolute Gasteiger partial charge is 0.329 e. The van der Waals surface area contributed by atoms with E-state index in [1.54, 1.807) is 15.2 Å². The summed E-state index contributed by atoms with van der Waals surface area (Å²) in [5, 5.41) is 0. The number of benzene rings is 2. The summed E-state index contributed by atoms with van der Waals surface area (Å²) >= 11 is 0. The second kappa shape index (κ2) is 8.11. The number of halogens is 1. The fourth-order valence-corrected chi connectivity index (χ4v) is 5.09. The fraction of sp³-hybridized carbons (Fsp3) is 0.391. The van der Waals surface area contributed by atoms with Gasteiger partial charge in [0.25, 0.3) is 0 Å². The summed E-state index contributed by atoms with van der Waals surface area (Å²) in [5.74, 6) is 0.270. The van der Waals surface area contributed by atoms with Gasteiger partial charge in [0, 0.05) is 25.4 Å². The standard InChI is InChI=1S/C23H26FN5O3S/c1-33(31,32)10-2-9-27-19-7-3-15(13-25)11-18(19)26-22(27)14-28-21-12-16(24)4-8-20(21)29(23(28)30)17-5-6-17/h3-4,7-8,11-12,17H,2,5-6,9-10,13-14,25H2,1H3. The van der Waals surface area contributed by atoms with Crippen molar-refractivity contribution in [2.24, 2.45) is 5.73 Å². The lowest BCUT2D eigenvalue weighted by atomic mass is 10.2. The van der Waals surface area contributed by atoms with Crippen molar-refractivity contribution in [3.8, 4) is 0 Å². The number of hydrogen-bond acceptors (Lipinski definition) is 5. The zero-order chi connectivity index (χ0) is 23.3. The average Bonchev–Trinajstić information content (AvgIpc) is 3.49. The van der Waals surface area contributed by atoms with E-state index in [1.165, 1.54) is 18.4 Å².